The lowest BCUT2D eigenvalue weighted by Crippen LogP contribution is -2.15. The molecule has 0 atom stereocenters. The summed E-state index contributed by atoms with van der Waals surface area (Å²) in [6.45, 7) is 0.213. The van der Waals surface area contributed by atoms with Crippen molar-refractivity contribution in [2.45, 2.75) is 6.42 Å². The van der Waals surface area contributed by atoms with E-state index < -0.39 is 0 Å². The van der Waals surface area contributed by atoms with Gasteiger partial charge >= 0.3 is 0 Å². The summed E-state index contributed by atoms with van der Waals surface area (Å²) in [5.41, 5.74) is 1.36. The van der Waals surface area contributed by atoms with E-state index in [1.807, 2.05) is 6.07 Å². The fourth-order valence-corrected chi connectivity index (χ4v) is 2.33. The van der Waals surface area contributed by atoms with Crippen LogP contribution in [-0.2, 0) is 11.2 Å². The predicted octanol–water partition coefficient (Wildman–Crippen LogP) is 1.57. The highest BCUT2D eigenvalue weighted by Crippen LogP contribution is 2.32. The Balaban J connectivity index is 1.41. The van der Waals surface area contributed by atoms with E-state index in [9.17, 15) is 4.79 Å². The predicted molar refractivity (Wildman–Crippen MR) is 84.1 cm³/mol. The number of hydrogen-bond acceptors (Lipinski definition) is 6. The average Bonchev–Trinajstić information content (AvgIpc) is 3.26. The van der Waals surface area contributed by atoms with Gasteiger partial charge in [0.25, 0.3) is 5.95 Å². The van der Waals surface area contributed by atoms with Crippen molar-refractivity contribution in [1.29, 1.82) is 0 Å². The second kappa shape index (κ2) is 5.99. The zero-order valence-corrected chi connectivity index (χ0v) is 12.5. The largest absolute Gasteiger partial charge is 0.454 e. The zero-order valence-electron chi connectivity index (χ0n) is 12.5. The first kappa shape index (κ1) is 14.2. The Kier molecular flexibility index (Phi) is 3.54. The minimum Gasteiger partial charge on any atom is -0.454 e. The molecule has 8 nitrogen and oxygen atoms in total. The molecule has 0 fully saturated rings. The van der Waals surface area contributed by atoms with E-state index in [0.717, 1.165) is 5.56 Å². The number of carbonyl (C=O) groups is 1. The van der Waals surface area contributed by atoms with Gasteiger partial charge < -0.3 is 14.8 Å². The number of aromatic nitrogens is 4. The Bertz CT molecular complexity index is 862. The number of fused-ring (bicyclic) bond motifs is 1. The maximum atomic E-state index is 12.1. The van der Waals surface area contributed by atoms with Gasteiger partial charge in [0.05, 0.1) is 24.5 Å². The molecule has 4 rings (SSSR count). The molecule has 3 aromatic rings. The molecule has 0 radical (unpaired) electrons. The van der Waals surface area contributed by atoms with Crippen molar-refractivity contribution >= 4 is 11.6 Å². The van der Waals surface area contributed by atoms with E-state index in [2.05, 4.69) is 20.4 Å². The van der Waals surface area contributed by atoms with E-state index in [1.165, 1.54) is 4.68 Å². The maximum Gasteiger partial charge on any atom is 0.250 e. The molecule has 1 aliphatic heterocycles. The maximum absolute atomic E-state index is 12.1. The molecule has 0 saturated carbocycles. The van der Waals surface area contributed by atoms with Crippen LogP contribution in [0.5, 0.6) is 11.5 Å². The van der Waals surface area contributed by atoms with E-state index >= 15 is 0 Å². The van der Waals surface area contributed by atoms with Crippen LogP contribution >= 0.6 is 0 Å². The van der Waals surface area contributed by atoms with E-state index in [4.69, 9.17) is 9.47 Å². The summed E-state index contributed by atoms with van der Waals surface area (Å²) >= 11 is 0. The fourth-order valence-electron chi connectivity index (χ4n) is 2.33. The van der Waals surface area contributed by atoms with Crippen LogP contribution in [0.1, 0.15) is 5.56 Å². The van der Waals surface area contributed by atoms with Gasteiger partial charge in [-0.05, 0) is 23.8 Å². The molecule has 0 saturated heterocycles. The van der Waals surface area contributed by atoms with Crippen LogP contribution in [0.4, 0.5) is 5.69 Å². The number of hydrogen-bond donors (Lipinski definition) is 1. The summed E-state index contributed by atoms with van der Waals surface area (Å²) < 4.78 is 12.1. The molecule has 0 spiro atoms. The van der Waals surface area contributed by atoms with Gasteiger partial charge in [-0.15, -0.1) is 0 Å². The molecule has 1 N–H and O–H groups in total. The van der Waals surface area contributed by atoms with Crippen molar-refractivity contribution in [3.63, 3.8) is 0 Å². The number of anilines is 1. The second-order valence-corrected chi connectivity index (χ2v) is 5.13. The monoisotopic (exact) mass is 323 g/mol. The van der Waals surface area contributed by atoms with Crippen LogP contribution in [-0.4, -0.2) is 32.4 Å². The smallest absolute Gasteiger partial charge is 0.250 e. The summed E-state index contributed by atoms with van der Waals surface area (Å²) in [4.78, 5) is 20.5. The standard InChI is InChI=1S/C16H13N5O3/c22-15(7-11-2-3-13-14(6-11)24-10-23-13)20-12-8-17-16(18-9-12)21-5-1-4-19-21/h1-6,8-9H,7,10H2,(H,20,22). The molecule has 0 aliphatic carbocycles. The van der Waals surface area contributed by atoms with Crippen molar-refractivity contribution in [3.8, 4) is 17.4 Å². The van der Waals surface area contributed by atoms with Crippen LogP contribution in [0, 0.1) is 0 Å². The van der Waals surface area contributed by atoms with Gasteiger partial charge in [-0.3, -0.25) is 4.79 Å². The lowest BCUT2D eigenvalue weighted by atomic mass is 10.1. The third-order valence-electron chi connectivity index (χ3n) is 3.43. The first-order valence-electron chi connectivity index (χ1n) is 7.28. The SMILES string of the molecule is O=C(Cc1ccc2c(c1)OCO2)Nc1cnc(-n2cccn2)nc1. The Morgan fingerprint density at radius 3 is 2.83 bits per heavy atom. The van der Waals surface area contributed by atoms with Crippen LogP contribution in [0.3, 0.4) is 0 Å². The molecule has 120 valence electrons. The van der Waals surface area contributed by atoms with Crippen LogP contribution < -0.4 is 14.8 Å². The molecule has 1 amide bonds. The van der Waals surface area contributed by atoms with Gasteiger partial charge in [-0.2, -0.15) is 5.10 Å². The number of nitrogens with one attached hydrogen (secondary N) is 1. The molecule has 2 aromatic heterocycles. The van der Waals surface area contributed by atoms with Crippen LogP contribution in [0.25, 0.3) is 5.95 Å². The van der Waals surface area contributed by atoms with E-state index in [0.29, 0.717) is 23.1 Å². The van der Waals surface area contributed by atoms with Crippen molar-refractivity contribution in [3.05, 3.63) is 54.6 Å². The van der Waals surface area contributed by atoms with Crippen LogP contribution in [0.15, 0.2) is 49.1 Å². The quantitative estimate of drug-likeness (QED) is 0.784. The summed E-state index contributed by atoms with van der Waals surface area (Å²) in [6, 6.07) is 7.22. The Labute approximate surface area is 137 Å². The second-order valence-electron chi connectivity index (χ2n) is 5.13. The Hall–Kier alpha value is -3.42. The molecule has 1 aromatic carbocycles. The number of amides is 1. The Morgan fingerprint density at radius 1 is 1.21 bits per heavy atom. The van der Waals surface area contributed by atoms with Crippen molar-refractivity contribution in [1.82, 2.24) is 19.7 Å². The minimum atomic E-state index is -0.163. The highest BCUT2D eigenvalue weighted by Gasteiger charge is 2.14. The van der Waals surface area contributed by atoms with Gasteiger partial charge in [-0.1, -0.05) is 6.07 Å². The number of nitrogens with zero attached hydrogens (tertiary/aromatic N) is 4. The third-order valence-corrected chi connectivity index (χ3v) is 3.43. The summed E-state index contributed by atoms with van der Waals surface area (Å²) in [6.07, 6.45) is 6.69. The molecule has 0 bridgehead atoms. The highest BCUT2D eigenvalue weighted by atomic mass is 16.7. The minimum absolute atomic E-state index is 0.163. The molecule has 3 heterocycles. The molecule has 24 heavy (non-hydrogen) atoms. The lowest BCUT2D eigenvalue weighted by Gasteiger charge is -2.06. The van der Waals surface area contributed by atoms with Crippen molar-refractivity contribution in [2.24, 2.45) is 0 Å². The normalized spacial score (nSPS) is 12.2. The number of ether oxygens (including phenoxy) is 2. The van der Waals surface area contributed by atoms with Gasteiger partial charge in [0.15, 0.2) is 11.5 Å². The van der Waals surface area contributed by atoms with Gasteiger partial charge in [0, 0.05) is 12.4 Å². The lowest BCUT2D eigenvalue weighted by molar-refractivity contribution is -0.115. The molecule has 1 aliphatic rings. The Morgan fingerprint density at radius 2 is 2.04 bits per heavy atom. The molecule has 0 unspecified atom stereocenters. The van der Waals surface area contributed by atoms with E-state index in [-0.39, 0.29) is 19.1 Å². The number of rotatable bonds is 4. The summed E-state index contributed by atoms with van der Waals surface area (Å²) in [5.74, 6) is 1.63. The summed E-state index contributed by atoms with van der Waals surface area (Å²) in [7, 11) is 0. The number of benzene rings is 1. The van der Waals surface area contributed by atoms with Crippen molar-refractivity contribution in [2.75, 3.05) is 12.1 Å². The summed E-state index contributed by atoms with van der Waals surface area (Å²) in [5, 5.41) is 6.81. The van der Waals surface area contributed by atoms with Gasteiger partial charge in [-0.25, -0.2) is 14.6 Å². The van der Waals surface area contributed by atoms with Crippen LogP contribution in [0.2, 0.25) is 0 Å². The third kappa shape index (κ3) is 2.89. The number of carbonyl (C=O) groups excluding carboxylic acids is 1. The topological polar surface area (TPSA) is 91.2 Å². The molecular formula is C16H13N5O3. The van der Waals surface area contributed by atoms with Gasteiger partial charge in [0.1, 0.15) is 0 Å². The fraction of sp³-hybridized carbons (Fsp3) is 0.125. The molecular weight excluding hydrogens is 310 g/mol. The first-order chi connectivity index (χ1) is 11.8. The highest BCUT2D eigenvalue weighted by molar-refractivity contribution is 5.92. The van der Waals surface area contributed by atoms with E-state index in [1.54, 1.807) is 43.0 Å². The van der Waals surface area contributed by atoms with Crippen molar-refractivity contribution < 1.29 is 14.3 Å². The first-order valence-corrected chi connectivity index (χ1v) is 7.28. The molecule has 8 heteroatoms. The average molecular weight is 323 g/mol. The van der Waals surface area contributed by atoms with Gasteiger partial charge in [0.2, 0.25) is 12.7 Å². The zero-order chi connectivity index (χ0) is 16.4.